The van der Waals surface area contributed by atoms with Crippen LogP contribution in [-0.4, -0.2) is 65.5 Å². The Kier molecular flexibility index (Phi) is 8.29. The van der Waals surface area contributed by atoms with Crippen molar-refractivity contribution < 1.29 is 23.9 Å². The van der Waals surface area contributed by atoms with Crippen LogP contribution in [0.5, 0.6) is 0 Å². The maximum atomic E-state index is 13.9. The third-order valence-corrected chi connectivity index (χ3v) is 8.43. The van der Waals surface area contributed by atoms with Crippen LogP contribution >= 0.6 is 0 Å². The number of alkyl carbamates (subject to hydrolysis) is 1. The highest BCUT2D eigenvalue weighted by atomic mass is 16.6. The summed E-state index contributed by atoms with van der Waals surface area (Å²) in [6.07, 6.45) is 5.96. The molecule has 7 atom stereocenters. The van der Waals surface area contributed by atoms with Gasteiger partial charge < -0.3 is 25.6 Å². The fourth-order valence-electron chi connectivity index (χ4n) is 6.76. The topological polar surface area (TPSA) is 141 Å². The van der Waals surface area contributed by atoms with Crippen LogP contribution in [0.15, 0.2) is 0 Å². The van der Waals surface area contributed by atoms with Crippen molar-refractivity contribution in [2.24, 2.45) is 23.7 Å². The molecule has 0 aromatic heterocycles. The number of piperidine rings is 1. The first kappa shape index (κ1) is 27.2. The molecule has 4 rings (SSSR count). The molecule has 0 bridgehead atoms. The van der Waals surface area contributed by atoms with E-state index in [1.807, 2.05) is 0 Å². The lowest BCUT2D eigenvalue weighted by atomic mass is 9.78. The molecule has 3 saturated heterocycles. The number of nitrogens with zero attached hydrogens (tertiary/aromatic N) is 2. The lowest BCUT2D eigenvalue weighted by Crippen LogP contribution is -2.56. The van der Waals surface area contributed by atoms with Crippen molar-refractivity contribution in [2.75, 3.05) is 13.1 Å². The van der Waals surface area contributed by atoms with E-state index >= 15 is 0 Å². The Balaban J connectivity index is 1.61. The number of hydrogen-bond acceptors (Lipinski definition) is 6. The summed E-state index contributed by atoms with van der Waals surface area (Å²) in [4.78, 5) is 54.5. The van der Waals surface area contributed by atoms with Crippen molar-refractivity contribution >= 4 is 23.8 Å². The lowest BCUT2D eigenvalue weighted by molar-refractivity contribution is -0.141. The van der Waals surface area contributed by atoms with E-state index in [9.17, 15) is 24.4 Å². The second kappa shape index (κ2) is 11.3. The molecule has 37 heavy (non-hydrogen) atoms. The summed E-state index contributed by atoms with van der Waals surface area (Å²) in [7, 11) is 0. The van der Waals surface area contributed by atoms with Gasteiger partial charge in [-0.3, -0.25) is 14.4 Å². The Hall–Kier alpha value is -2.83. The molecule has 204 valence electrons. The summed E-state index contributed by atoms with van der Waals surface area (Å²) >= 11 is 0. The third kappa shape index (κ3) is 6.36. The number of rotatable bonds is 1. The molecule has 4 aliphatic rings. The predicted octanol–water partition coefficient (Wildman–Crippen LogP) is 2.23. The fourth-order valence-corrected chi connectivity index (χ4v) is 6.76. The minimum Gasteiger partial charge on any atom is -0.444 e. The van der Waals surface area contributed by atoms with Crippen LogP contribution in [0.25, 0.3) is 0 Å². The number of fused-ring (bicyclic) bond motifs is 4. The molecule has 3 aliphatic heterocycles. The number of hydrogen-bond donors (Lipinski definition) is 3. The minimum absolute atomic E-state index is 0.0316. The zero-order valence-electron chi connectivity index (χ0n) is 22.3. The van der Waals surface area contributed by atoms with Gasteiger partial charge in [0.15, 0.2) is 0 Å². The predicted molar refractivity (Wildman–Crippen MR) is 135 cm³/mol. The van der Waals surface area contributed by atoms with Crippen molar-refractivity contribution in [2.45, 2.75) is 102 Å². The van der Waals surface area contributed by atoms with E-state index in [0.717, 1.165) is 38.5 Å². The molecular weight excluding hydrogens is 474 g/mol. The first-order chi connectivity index (χ1) is 17.6. The number of carbonyl (C=O) groups is 4. The van der Waals surface area contributed by atoms with Gasteiger partial charge in [-0.2, -0.15) is 5.26 Å². The normalized spacial score (nSPS) is 35.1. The first-order valence-electron chi connectivity index (χ1n) is 13.8. The van der Waals surface area contributed by atoms with Gasteiger partial charge in [-0.25, -0.2) is 4.79 Å². The maximum Gasteiger partial charge on any atom is 0.408 e. The molecule has 1 saturated carbocycles. The van der Waals surface area contributed by atoms with Crippen molar-refractivity contribution in [1.82, 2.24) is 20.9 Å². The van der Waals surface area contributed by atoms with Crippen LogP contribution in [0.1, 0.15) is 78.6 Å². The molecule has 10 nitrogen and oxygen atoms in total. The summed E-state index contributed by atoms with van der Waals surface area (Å²) in [5, 5.41) is 18.4. The van der Waals surface area contributed by atoms with E-state index in [1.54, 1.807) is 25.7 Å². The van der Waals surface area contributed by atoms with Gasteiger partial charge in [-0.05, 0) is 77.0 Å². The highest BCUT2D eigenvalue weighted by Gasteiger charge is 2.51. The summed E-state index contributed by atoms with van der Waals surface area (Å²) in [6.45, 7) is 6.38. The average Bonchev–Trinajstić information content (AvgIpc) is 3.41. The van der Waals surface area contributed by atoms with Crippen molar-refractivity contribution in [3.63, 3.8) is 0 Å². The van der Waals surface area contributed by atoms with Crippen molar-refractivity contribution in [1.29, 1.82) is 5.26 Å². The summed E-state index contributed by atoms with van der Waals surface area (Å²) in [5.74, 6) is -0.625. The number of amides is 4. The third-order valence-electron chi connectivity index (χ3n) is 8.43. The standard InChI is InChI=1S/C27H41N5O5/c1-27(2,3)37-26(36)31-21-10-5-4-7-16-11-12-29-23(33)20(16)13-18(14-28)30-24(34)22-19-9-6-8-17(19)15-32(22)25(21)35/h16-22H,4-13,15H2,1-3H3,(H,29,33)(H,30,34)(H,31,36)/t16-,17-,18-,19-,20-,21-,22-/m0/s1. The Morgan fingerprint density at radius 3 is 2.49 bits per heavy atom. The van der Waals surface area contributed by atoms with Crippen LogP contribution in [0.4, 0.5) is 4.79 Å². The van der Waals surface area contributed by atoms with Gasteiger partial charge in [-0.15, -0.1) is 0 Å². The number of carbonyl (C=O) groups excluding carboxylic acids is 4. The smallest absolute Gasteiger partial charge is 0.408 e. The second-order valence-corrected chi connectivity index (χ2v) is 12.1. The van der Waals surface area contributed by atoms with E-state index in [2.05, 4.69) is 22.0 Å². The Morgan fingerprint density at radius 1 is 1.03 bits per heavy atom. The van der Waals surface area contributed by atoms with E-state index in [0.29, 0.717) is 25.9 Å². The van der Waals surface area contributed by atoms with Gasteiger partial charge in [0, 0.05) is 19.0 Å². The minimum atomic E-state index is -0.806. The van der Waals surface area contributed by atoms with Crippen LogP contribution in [0, 0.1) is 35.0 Å². The molecule has 3 heterocycles. The van der Waals surface area contributed by atoms with Gasteiger partial charge in [0.2, 0.25) is 17.7 Å². The average molecular weight is 516 g/mol. The lowest BCUT2D eigenvalue weighted by Gasteiger charge is -2.35. The summed E-state index contributed by atoms with van der Waals surface area (Å²) in [6, 6.07) is -0.104. The molecule has 0 radical (unpaired) electrons. The quantitative estimate of drug-likeness (QED) is 0.489. The summed E-state index contributed by atoms with van der Waals surface area (Å²) in [5.41, 5.74) is -0.704. The first-order valence-corrected chi connectivity index (χ1v) is 13.8. The van der Waals surface area contributed by atoms with E-state index in [-0.39, 0.29) is 47.8 Å². The van der Waals surface area contributed by atoms with E-state index < -0.39 is 29.8 Å². The van der Waals surface area contributed by atoms with Crippen LogP contribution < -0.4 is 16.0 Å². The molecule has 0 aromatic carbocycles. The van der Waals surface area contributed by atoms with Gasteiger partial charge in [0.1, 0.15) is 23.7 Å². The van der Waals surface area contributed by atoms with Gasteiger partial charge >= 0.3 is 6.09 Å². The van der Waals surface area contributed by atoms with E-state index in [4.69, 9.17) is 4.74 Å². The molecule has 4 fully saturated rings. The number of ether oxygens (including phenoxy) is 1. The van der Waals surface area contributed by atoms with Crippen molar-refractivity contribution in [3.05, 3.63) is 0 Å². The van der Waals surface area contributed by atoms with Gasteiger partial charge in [0.25, 0.3) is 0 Å². The van der Waals surface area contributed by atoms with Crippen molar-refractivity contribution in [3.8, 4) is 6.07 Å². The highest BCUT2D eigenvalue weighted by Crippen LogP contribution is 2.43. The van der Waals surface area contributed by atoms with Gasteiger partial charge in [0.05, 0.1) is 6.07 Å². The molecule has 3 N–H and O–H groups in total. The monoisotopic (exact) mass is 515 g/mol. The molecule has 0 unspecified atom stereocenters. The fraction of sp³-hybridized carbons (Fsp3) is 0.815. The molecule has 0 aromatic rings. The van der Waals surface area contributed by atoms with Crippen LogP contribution in [0.2, 0.25) is 0 Å². The Morgan fingerprint density at radius 2 is 1.76 bits per heavy atom. The number of nitriles is 1. The van der Waals surface area contributed by atoms with Gasteiger partial charge in [-0.1, -0.05) is 19.3 Å². The number of nitrogens with one attached hydrogen (secondary N) is 3. The zero-order valence-corrected chi connectivity index (χ0v) is 22.3. The molecule has 4 amide bonds. The van der Waals surface area contributed by atoms with Crippen LogP contribution in [-0.2, 0) is 19.1 Å². The van der Waals surface area contributed by atoms with Crippen LogP contribution in [0.3, 0.4) is 0 Å². The molecule has 10 heteroatoms. The maximum absolute atomic E-state index is 13.9. The highest BCUT2D eigenvalue weighted by molar-refractivity contribution is 5.92. The Labute approximate surface area is 219 Å². The second-order valence-electron chi connectivity index (χ2n) is 12.1. The molecule has 1 aliphatic carbocycles. The summed E-state index contributed by atoms with van der Waals surface area (Å²) < 4.78 is 5.44. The zero-order chi connectivity index (χ0) is 26.7. The molecule has 0 spiro atoms. The van der Waals surface area contributed by atoms with E-state index in [1.165, 1.54) is 0 Å². The Bertz CT molecular complexity index is 940. The molecular formula is C27H41N5O5. The largest absolute Gasteiger partial charge is 0.444 e. The SMILES string of the molecule is CC(C)(C)OC(=O)N[C@H]1CCCC[C@H]2CCNC(=O)[C@H]2C[C@@H](C#N)NC(=O)[C@@H]2[C@H]3CCC[C@H]3CN2C1=O.